The van der Waals surface area contributed by atoms with Gasteiger partial charge in [-0.2, -0.15) is 0 Å². The molecule has 1 rings (SSSR count). The van der Waals surface area contributed by atoms with E-state index in [0.717, 1.165) is 4.47 Å². The van der Waals surface area contributed by atoms with Crippen molar-refractivity contribution in [1.82, 2.24) is 0 Å². The van der Waals surface area contributed by atoms with Crippen molar-refractivity contribution in [3.63, 3.8) is 0 Å². The van der Waals surface area contributed by atoms with Gasteiger partial charge in [-0.05, 0) is 42.5 Å². The number of hydrogen-bond acceptors (Lipinski definition) is 0. The lowest BCUT2D eigenvalue weighted by atomic mass is 9.96. The van der Waals surface area contributed by atoms with Gasteiger partial charge < -0.3 is 0 Å². The van der Waals surface area contributed by atoms with Gasteiger partial charge in [-0.25, -0.2) is 0 Å². The van der Waals surface area contributed by atoms with Crippen LogP contribution >= 0.6 is 27.5 Å². The Morgan fingerprint density at radius 2 is 1.71 bits per heavy atom. The van der Waals surface area contributed by atoms with Crippen LogP contribution in [0.5, 0.6) is 0 Å². The zero-order valence-corrected chi connectivity index (χ0v) is 11.4. The Morgan fingerprint density at radius 1 is 1.14 bits per heavy atom. The Labute approximate surface area is 99.8 Å². The average molecular weight is 276 g/mol. The van der Waals surface area contributed by atoms with E-state index in [2.05, 4.69) is 55.8 Å². The van der Waals surface area contributed by atoms with E-state index < -0.39 is 0 Å². The molecule has 1 unspecified atom stereocenters. The number of hydrogen-bond donors (Lipinski definition) is 0. The van der Waals surface area contributed by atoms with E-state index >= 15 is 0 Å². The molecule has 1 aromatic rings. The molecule has 0 heterocycles. The van der Waals surface area contributed by atoms with Crippen molar-refractivity contribution in [2.75, 3.05) is 0 Å². The van der Waals surface area contributed by atoms with Crippen molar-refractivity contribution < 1.29 is 0 Å². The first-order chi connectivity index (χ1) is 6.43. The molecule has 0 aliphatic rings. The first kappa shape index (κ1) is 12.1. The van der Waals surface area contributed by atoms with Gasteiger partial charge in [0.2, 0.25) is 0 Å². The van der Waals surface area contributed by atoms with Crippen LogP contribution in [0.1, 0.15) is 35.9 Å². The summed E-state index contributed by atoms with van der Waals surface area (Å²) >= 11 is 9.88. The molecule has 0 amide bonds. The molecule has 2 heteroatoms. The van der Waals surface area contributed by atoms with E-state index in [4.69, 9.17) is 11.6 Å². The van der Waals surface area contributed by atoms with Gasteiger partial charge in [0.05, 0.1) is 5.38 Å². The molecule has 1 aromatic carbocycles. The number of alkyl halides is 1. The van der Waals surface area contributed by atoms with Crippen molar-refractivity contribution in [1.29, 1.82) is 0 Å². The van der Waals surface area contributed by atoms with Crippen molar-refractivity contribution in [3.05, 3.63) is 33.3 Å². The molecular weight excluding hydrogens is 259 g/mol. The molecule has 0 spiro atoms. The normalized spacial score (nSPS) is 13.4. The second kappa shape index (κ2) is 4.67. The molecule has 0 radical (unpaired) electrons. The zero-order valence-electron chi connectivity index (χ0n) is 9.07. The lowest BCUT2D eigenvalue weighted by Crippen LogP contribution is -2.02. The summed E-state index contributed by atoms with van der Waals surface area (Å²) in [6.07, 6.45) is 0. The van der Waals surface area contributed by atoms with Gasteiger partial charge in [0.25, 0.3) is 0 Å². The molecule has 78 valence electrons. The van der Waals surface area contributed by atoms with Gasteiger partial charge in [0, 0.05) is 4.47 Å². The molecule has 1 atom stereocenters. The van der Waals surface area contributed by atoms with Gasteiger partial charge in [0.1, 0.15) is 0 Å². The summed E-state index contributed by atoms with van der Waals surface area (Å²) in [6.45, 7) is 8.50. The summed E-state index contributed by atoms with van der Waals surface area (Å²) in [6, 6.07) is 4.32. The third-order valence-electron chi connectivity index (χ3n) is 2.43. The molecule has 0 saturated heterocycles. The quantitative estimate of drug-likeness (QED) is 0.666. The minimum atomic E-state index is 0.113. The van der Waals surface area contributed by atoms with Crippen LogP contribution in [0.15, 0.2) is 16.6 Å². The number of rotatable bonds is 2. The highest BCUT2D eigenvalue weighted by Crippen LogP contribution is 2.33. The standard InChI is InChI=1S/C12H16BrCl/c1-7(2)12(14)10-5-9(4)11(13)6-8(10)3/h5-7,12H,1-4H3. The van der Waals surface area contributed by atoms with Gasteiger partial charge in [0.15, 0.2) is 0 Å². The van der Waals surface area contributed by atoms with Crippen LogP contribution in [0.3, 0.4) is 0 Å². The number of aryl methyl sites for hydroxylation is 2. The summed E-state index contributed by atoms with van der Waals surface area (Å²) in [5, 5.41) is 0.113. The maximum Gasteiger partial charge on any atom is 0.0610 e. The third-order valence-corrected chi connectivity index (χ3v) is 4.02. The van der Waals surface area contributed by atoms with Gasteiger partial charge in [-0.3, -0.25) is 0 Å². The average Bonchev–Trinajstić information content (AvgIpc) is 2.10. The number of halogens is 2. The lowest BCUT2D eigenvalue weighted by molar-refractivity contribution is 0.621. The molecule has 0 saturated carbocycles. The molecule has 14 heavy (non-hydrogen) atoms. The molecule has 0 aromatic heterocycles. The first-order valence-corrected chi connectivity index (χ1v) is 6.07. The van der Waals surface area contributed by atoms with Crippen LogP contribution in [0, 0.1) is 19.8 Å². The van der Waals surface area contributed by atoms with Crippen LogP contribution in [-0.2, 0) is 0 Å². The van der Waals surface area contributed by atoms with Crippen molar-refractivity contribution in [3.8, 4) is 0 Å². The maximum atomic E-state index is 6.36. The van der Waals surface area contributed by atoms with Crippen LogP contribution in [0.2, 0.25) is 0 Å². The summed E-state index contributed by atoms with van der Waals surface area (Å²) < 4.78 is 1.16. The first-order valence-electron chi connectivity index (χ1n) is 4.84. The highest BCUT2D eigenvalue weighted by atomic mass is 79.9. The maximum absolute atomic E-state index is 6.36. The smallest absolute Gasteiger partial charge is 0.0610 e. The molecule has 0 N–H and O–H groups in total. The SMILES string of the molecule is Cc1cc(C(Cl)C(C)C)c(C)cc1Br. The van der Waals surface area contributed by atoms with E-state index in [1.54, 1.807) is 0 Å². The zero-order chi connectivity index (χ0) is 10.9. The second-order valence-corrected chi connectivity index (χ2v) is 5.43. The van der Waals surface area contributed by atoms with Crippen LogP contribution in [-0.4, -0.2) is 0 Å². The lowest BCUT2D eigenvalue weighted by Gasteiger charge is -2.17. The van der Waals surface area contributed by atoms with E-state index in [9.17, 15) is 0 Å². The molecule has 0 aliphatic heterocycles. The van der Waals surface area contributed by atoms with Gasteiger partial charge in [-0.1, -0.05) is 35.8 Å². The Morgan fingerprint density at radius 3 is 2.21 bits per heavy atom. The Kier molecular flexibility index (Phi) is 4.03. The molecule has 0 fully saturated rings. The molecular formula is C12H16BrCl. The van der Waals surface area contributed by atoms with Crippen molar-refractivity contribution in [2.24, 2.45) is 5.92 Å². The summed E-state index contributed by atoms with van der Waals surface area (Å²) in [4.78, 5) is 0. The number of benzene rings is 1. The van der Waals surface area contributed by atoms with E-state index in [-0.39, 0.29) is 5.38 Å². The largest absolute Gasteiger partial charge is 0.118 e. The summed E-state index contributed by atoms with van der Waals surface area (Å²) in [5.41, 5.74) is 3.76. The van der Waals surface area contributed by atoms with E-state index in [0.29, 0.717) is 5.92 Å². The summed E-state index contributed by atoms with van der Waals surface area (Å²) in [5.74, 6) is 0.468. The predicted octanol–water partition coefficient (Wildman–Crippen LogP) is 5.00. The fourth-order valence-electron chi connectivity index (χ4n) is 1.46. The van der Waals surface area contributed by atoms with Gasteiger partial charge in [-0.15, -0.1) is 11.6 Å². The third kappa shape index (κ3) is 2.52. The predicted molar refractivity (Wildman–Crippen MR) is 67.0 cm³/mol. The monoisotopic (exact) mass is 274 g/mol. The Bertz CT molecular complexity index is 331. The Hall–Kier alpha value is -0.0100. The van der Waals surface area contributed by atoms with E-state index in [1.807, 2.05) is 0 Å². The highest BCUT2D eigenvalue weighted by Gasteiger charge is 2.15. The second-order valence-electron chi connectivity index (χ2n) is 4.10. The molecule has 0 bridgehead atoms. The van der Waals surface area contributed by atoms with Crippen LogP contribution in [0.4, 0.5) is 0 Å². The van der Waals surface area contributed by atoms with Crippen molar-refractivity contribution in [2.45, 2.75) is 33.1 Å². The minimum Gasteiger partial charge on any atom is -0.118 e. The highest BCUT2D eigenvalue weighted by molar-refractivity contribution is 9.10. The van der Waals surface area contributed by atoms with Crippen molar-refractivity contribution >= 4 is 27.5 Å². The van der Waals surface area contributed by atoms with Gasteiger partial charge >= 0.3 is 0 Å². The van der Waals surface area contributed by atoms with Crippen LogP contribution < -0.4 is 0 Å². The minimum absolute atomic E-state index is 0.113. The Balaban J connectivity index is 3.15. The van der Waals surface area contributed by atoms with Crippen LogP contribution in [0.25, 0.3) is 0 Å². The molecule has 0 nitrogen and oxygen atoms in total. The summed E-state index contributed by atoms with van der Waals surface area (Å²) in [7, 11) is 0. The molecule has 0 aliphatic carbocycles. The fraction of sp³-hybridized carbons (Fsp3) is 0.500. The topological polar surface area (TPSA) is 0 Å². The van der Waals surface area contributed by atoms with E-state index in [1.165, 1.54) is 16.7 Å². The fourth-order valence-corrected chi connectivity index (χ4v) is 2.15.